The molecule has 3 aromatic rings. The quantitative estimate of drug-likeness (QED) is 0.524. The number of nitrogen functional groups attached to an aromatic ring is 1. The second-order valence-corrected chi connectivity index (χ2v) is 10.2. The molecule has 184 valence electrons. The van der Waals surface area contributed by atoms with Crippen LogP contribution in [0.1, 0.15) is 36.7 Å². The van der Waals surface area contributed by atoms with Gasteiger partial charge in [0.15, 0.2) is 11.5 Å². The first-order chi connectivity index (χ1) is 16.7. The van der Waals surface area contributed by atoms with Crippen molar-refractivity contribution in [2.24, 2.45) is 12.5 Å². The summed E-state index contributed by atoms with van der Waals surface area (Å²) in [6.07, 6.45) is 3.20. The van der Waals surface area contributed by atoms with E-state index in [4.69, 9.17) is 10.5 Å². The van der Waals surface area contributed by atoms with Crippen LogP contribution < -0.4 is 16.0 Å². The van der Waals surface area contributed by atoms with E-state index < -0.39 is 17.5 Å². The van der Waals surface area contributed by atoms with Gasteiger partial charge < -0.3 is 20.7 Å². The number of thiazole rings is 1. The number of ether oxygens (including phenoxy) is 1. The van der Waals surface area contributed by atoms with Gasteiger partial charge in [0.25, 0.3) is 5.91 Å². The molecule has 0 saturated carbocycles. The van der Waals surface area contributed by atoms with Crippen molar-refractivity contribution in [3.05, 3.63) is 41.7 Å². The molecule has 2 aliphatic rings. The normalized spacial score (nSPS) is 22.0. The largest absolute Gasteiger partial charge is 0.462 e. The SMILES string of the molecule is Cn1ncc(NC(=O)c2nc(-c3c(F)cccc3F)sc2N)c1N1CC[C@@H]2OC(=O)C[C@]2(C)CC1. The molecule has 0 bridgehead atoms. The van der Waals surface area contributed by atoms with E-state index in [1.165, 1.54) is 12.3 Å². The van der Waals surface area contributed by atoms with Gasteiger partial charge in [-0.25, -0.2) is 13.8 Å². The van der Waals surface area contributed by atoms with Crippen LogP contribution in [0.2, 0.25) is 0 Å². The maximum Gasteiger partial charge on any atom is 0.306 e. The van der Waals surface area contributed by atoms with Crippen molar-refractivity contribution in [1.29, 1.82) is 0 Å². The predicted molar refractivity (Wildman–Crippen MR) is 127 cm³/mol. The van der Waals surface area contributed by atoms with Gasteiger partial charge in [-0.2, -0.15) is 5.10 Å². The average Bonchev–Trinajstić information content (AvgIpc) is 3.40. The predicted octanol–water partition coefficient (Wildman–Crippen LogP) is 3.58. The third kappa shape index (κ3) is 4.11. The lowest BCUT2D eigenvalue weighted by Crippen LogP contribution is -2.29. The minimum absolute atomic E-state index is 0.0171. The summed E-state index contributed by atoms with van der Waals surface area (Å²) in [7, 11) is 1.77. The molecule has 2 saturated heterocycles. The number of esters is 1. The second-order valence-electron chi connectivity index (χ2n) is 9.12. The lowest BCUT2D eigenvalue weighted by atomic mass is 9.79. The second kappa shape index (κ2) is 8.59. The van der Waals surface area contributed by atoms with Gasteiger partial charge in [0, 0.05) is 32.0 Å². The zero-order valence-electron chi connectivity index (χ0n) is 19.2. The zero-order valence-corrected chi connectivity index (χ0v) is 20.0. The summed E-state index contributed by atoms with van der Waals surface area (Å²) in [4.78, 5) is 31.1. The average molecular weight is 503 g/mol. The van der Waals surface area contributed by atoms with E-state index in [1.54, 1.807) is 11.7 Å². The molecule has 0 radical (unpaired) electrons. The standard InChI is InChI=1S/C23H24F2N6O3S/c1-23-7-9-31(8-6-15(23)34-16(32)10-23)22-14(11-27-30(22)2)28-20(33)18-19(26)35-21(29-18)17-12(24)4-3-5-13(17)25/h3-5,11,15H,6-10,26H2,1-2H3,(H,28,33)/t15-,23-/m0/s1. The maximum absolute atomic E-state index is 14.2. The number of anilines is 3. The van der Waals surface area contributed by atoms with E-state index in [9.17, 15) is 18.4 Å². The summed E-state index contributed by atoms with van der Waals surface area (Å²) in [5, 5.41) is 7.12. The molecule has 2 atom stereocenters. The monoisotopic (exact) mass is 502 g/mol. The molecule has 12 heteroatoms. The molecule has 0 spiro atoms. The highest BCUT2D eigenvalue weighted by Crippen LogP contribution is 2.43. The number of nitrogens with one attached hydrogen (secondary N) is 1. The molecular formula is C23H24F2N6O3S. The number of carbonyl (C=O) groups is 2. The van der Waals surface area contributed by atoms with Crippen molar-refractivity contribution in [1.82, 2.24) is 14.8 Å². The Balaban J connectivity index is 1.38. The van der Waals surface area contributed by atoms with Gasteiger partial charge >= 0.3 is 5.97 Å². The number of amides is 1. The first kappa shape index (κ1) is 23.2. The summed E-state index contributed by atoms with van der Waals surface area (Å²) in [6.45, 7) is 3.34. The Labute approximate surface area is 203 Å². The van der Waals surface area contributed by atoms with Crippen molar-refractivity contribution in [3.8, 4) is 10.6 Å². The first-order valence-electron chi connectivity index (χ1n) is 11.1. The van der Waals surface area contributed by atoms with Crippen molar-refractivity contribution in [2.75, 3.05) is 29.0 Å². The van der Waals surface area contributed by atoms with Crippen molar-refractivity contribution >= 4 is 39.7 Å². The van der Waals surface area contributed by atoms with Gasteiger partial charge in [0.1, 0.15) is 33.4 Å². The number of rotatable bonds is 4. The van der Waals surface area contributed by atoms with Crippen molar-refractivity contribution in [2.45, 2.75) is 32.3 Å². The number of aromatic nitrogens is 3. The Bertz CT molecular complexity index is 1300. The summed E-state index contributed by atoms with van der Waals surface area (Å²) >= 11 is 0.837. The van der Waals surface area contributed by atoms with Crippen LogP contribution in [0.3, 0.4) is 0 Å². The lowest BCUT2D eigenvalue weighted by Gasteiger charge is -2.26. The molecule has 1 amide bonds. The molecular weight excluding hydrogens is 478 g/mol. The number of aryl methyl sites for hydroxylation is 1. The molecule has 2 fully saturated rings. The van der Waals surface area contributed by atoms with Gasteiger partial charge in [-0.3, -0.25) is 14.3 Å². The number of fused-ring (bicyclic) bond motifs is 1. The first-order valence-corrected chi connectivity index (χ1v) is 12.0. The topological polar surface area (TPSA) is 115 Å². The Morgan fingerprint density at radius 2 is 2.06 bits per heavy atom. The highest BCUT2D eigenvalue weighted by Gasteiger charge is 2.47. The number of halogens is 2. The number of benzene rings is 1. The fourth-order valence-electron chi connectivity index (χ4n) is 4.81. The highest BCUT2D eigenvalue weighted by atomic mass is 32.1. The van der Waals surface area contributed by atoms with Crippen molar-refractivity contribution < 1.29 is 23.1 Å². The molecule has 35 heavy (non-hydrogen) atoms. The van der Waals surface area contributed by atoms with E-state index >= 15 is 0 Å². The van der Waals surface area contributed by atoms with Gasteiger partial charge in [0.2, 0.25) is 0 Å². The summed E-state index contributed by atoms with van der Waals surface area (Å²) < 4.78 is 35.6. The molecule has 0 aliphatic carbocycles. The Hall–Kier alpha value is -3.54. The van der Waals surface area contributed by atoms with Crippen LogP contribution >= 0.6 is 11.3 Å². The zero-order chi connectivity index (χ0) is 24.9. The Kier molecular flexibility index (Phi) is 5.70. The van der Waals surface area contributed by atoms with E-state index in [-0.39, 0.29) is 38.8 Å². The number of hydrogen-bond acceptors (Lipinski definition) is 8. The highest BCUT2D eigenvalue weighted by molar-refractivity contribution is 7.19. The molecule has 2 aromatic heterocycles. The fraction of sp³-hybridized carbons (Fsp3) is 0.391. The molecule has 9 nitrogen and oxygen atoms in total. The van der Waals surface area contributed by atoms with Crippen LogP contribution in [-0.2, 0) is 16.6 Å². The van der Waals surface area contributed by atoms with Crippen LogP contribution in [0.25, 0.3) is 10.6 Å². The smallest absolute Gasteiger partial charge is 0.306 e. The summed E-state index contributed by atoms with van der Waals surface area (Å²) in [5.74, 6) is -1.64. The third-order valence-corrected chi connectivity index (χ3v) is 7.62. The Morgan fingerprint density at radius 3 is 2.80 bits per heavy atom. The third-order valence-electron chi connectivity index (χ3n) is 6.71. The number of nitrogens with two attached hydrogens (primary N) is 1. The van der Waals surface area contributed by atoms with Crippen molar-refractivity contribution in [3.63, 3.8) is 0 Å². The van der Waals surface area contributed by atoms with Crippen LogP contribution in [0.5, 0.6) is 0 Å². The fourth-order valence-corrected chi connectivity index (χ4v) is 5.69. The molecule has 5 rings (SSSR count). The molecule has 4 heterocycles. The van der Waals surface area contributed by atoms with Gasteiger partial charge in [-0.05, 0) is 18.6 Å². The van der Waals surface area contributed by atoms with Gasteiger partial charge in [-0.15, -0.1) is 0 Å². The minimum atomic E-state index is -0.787. The number of carbonyl (C=O) groups excluding carboxylic acids is 2. The molecule has 3 N–H and O–H groups in total. The lowest BCUT2D eigenvalue weighted by molar-refractivity contribution is -0.141. The van der Waals surface area contributed by atoms with Crippen LogP contribution in [0, 0.1) is 17.0 Å². The molecule has 0 unspecified atom stereocenters. The van der Waals surface area contributed by atoms with E-state index in [2.05, 4.69) is 27.2 Å². The van der Waals surface area contributed by atoms with Crippen LogP contribution in [0.15, 0.2) is 24.4 Å². The number of hydrogen-bond donors (Lipinski definition) is 2. The summed E-state index contributed by atoms with van der Waals surface area (Å²) in [6, 6.07) is 3.49. The van der Waals surface area contributed by atoms with E-state index in [0.717, 1.165) is 29.9 Å². The Morgan fingerprint density at radius 1 is 1.31 bits per heavy atom. The van der Waals surface area contributed by atoms with E-state index in [1.807, 2.05) is 0 Å². The minimum Gasteiger partial charge on any atom is -0.462 e. The number of nitrogens with zero attached hydrogens (tertiary/aromatic N) is 4. The van der Waals surface area contributed by atoms with Gasteiger partial charge in [-0.1, -0.05) is 24.3 Å². The van der Waals surface area contributed by atoms with E-state index in [0.29, 0.717) is 37.4 Å². The molecule has 2 aliphatic heterocycles. The van der Waals surface area contributed by atoms with Gasteiger partial charge in [0.05, 0.1) is 18.2 Å². The van der Waals surface area contributed by atoms with Crippen LogP contribution in [-0.4, -0.2) is 45.8 Å². The van der Waals surface area contributed by atoms with Crippen LogP contribution in [0.4, 0.5) is 25.3 Å². The summed E-state index contributed by atoms with van der Waals surface area (Å²) in [5.41, 5.74) is 5.79. The molecule has 1 aromatic carbocycles. The maximum atomic E-state index is 14.2.